The van der Waals surface area contributed by atoms with E-state index in [4.69, 9.17) is 0 Å². The van der Waals surface area contributed by atoms with Crippen LogP contribution >= 0.6 is 0 Å². The van der Waals surface area contributed by atoms with Crippen LogP contribution < -0.4 is 0 Å². The van der Waals surface area contributed by atoms with E-state index in [0.29, 0.717) is 11.6 Å². The number of rotatable bonds is 2. The molecule has 0 aromatic carbocycles. The van der Waals surface area contributed by atoms with E-state index in [1.807, 2.05) is 4.90 Å². The van der Waals surface area contributed by atoms with E-state index in [0.717, 1.165) is 26.1 Å². The second-order valence-corrected chi connectivity index (χ2v) is 4.28. The second kappa shape index (κ2) is 4.65. The number of aromatic nitrogens is 2. The molecule has 1 aromatic heterocycles. The molecule has 0 saturated carbocycles. The molecule has 1 aliphatic rings. The van der Waals surface area contributed by atoms with Gasteiger partial charge in [0.15, 0.2) is 0 Å². The molecule has 88 valence electrons. The first-order chi connectivity index (χ1) is 7.72. The number of H-pyrrole nitrogens is 1. The fraction of sp³-hybridized carbons (Fsp3) is 0.636. The summed E-state index contributed by atoms with van der Waals surface area (Å²) in [6.45, 7) is 4.73. The van der Waals surface area contributed by atoms with Gasteiger partial charge in [0.25, 0.3) is 5.91 Å². The summed E-state index contributed by atoms with van der Waals surface area (Å²) in [6.07, 6.45) is 4.31. The minimum atomic E-state index is 0.0836. The number of likely N-dealkylation sites (N-methyl/N-ethyl adjacent to an activating group) is 1. The van der Waals surface area contributed by atoms with Gasteiger partial charge in [-0.25, -0.2) is 0 Å². The van der Waals surface area contributed by atoms with Crippen LogP contribution in [0.1, 0.15) is 23.7 Å². The van der Waals surface area contributed by atoms with Crippen LogP contribution in [0.5, 0.6) is 0 Å². The zero-order chi connectivity index (χ0) is 11.5. The van der Waals surface area contributed by atoms with Crippen molar-refractivity contribution in [2.24, 2.45) is 0 Å². The van der Waals surface area contributed by atoms with Crippen molar-refractivity contribution in [2.75, 3.05) is 26.7 Å². The smallest absolute Gasteiger partial charge is 0.257 e. The van der Waals surface area contributed by atoms with Crippen LogP contribution in [0.4, 0.5) is 0 Å². The minimum absolute atomic E-state index is 0.0836. The summed E-state index contributed by atoms with van der Waals surface area (Å²) in [5, 5.41) is 6.49. The molecular formula is C11H18N4O. The van der Waals surface area contributed by atoms with Gasteiger partial charge in [-0.05, 0) is 13.5 Å². The van der Waals surface area contributed by atoms with E-state index in [2.05, 4.69) is 29.1 Å². The van der Waals surface area contributed by atoms with Gasteiger partial charge in [-0.3, -0.25) is 14.8 Å². The Morgan fingerprint density at radius 3 is 3.06 bits per heavy atom. The third kappa shape index (κ3) is 2.09. The van der Waals surface area contributed by atoms with Crippen LogP contribution in [-0.4, -0.2) is 58.6 Å². The van der Waals surface area contributed by atoms with Crippen molar-refractivity contribution in [1.82, 2.24) is 20.0 Å². The van der Waals surface area contributed by atoms with Gasteiger partial charge < -0.3 is 4.90 Å². The Hall–Kier alpha value is -1.36. The quantitative estimate of drug-likeness (QED) is 0.796. The summed E-state index contributed by atoms with van der Waals surface area (Å²) >= 11 is 0. The molecule has 1 aliphatic heterocycles. The predicted molar refractivity (Wildman–Crippen MR) is 61.2 cm³/mol. The number of carbonyl (C=O) groups excluding carboxylic acids is 1. The molecule has 0 aliphatic carbocycles. The molecule has 1 amide bonds. The van der Waals surface area contributed by atoms with Crippen LogP contribution in [0.3, 0.4) is 0 Å². The molecule has 1 atom stereocenters. The summed E-state index contributed by atoms with van der Waals surface area (Å²) in [6, 6.07) is 0.476. The lowest BCUT2D eigenvalue weighted by molar-refractivity contribution is 0.0542. The Bertz CT molecular complexity index is 349. The average Bonchev–Trinajstić information content (AvgIpc) is 2.82. The topological polar surface area (TPSA) is 52.2 Å². The summed E-state index contributed by atoms with van der Waals surface area (Å²) < 4.78 is 0. The SMILES string of the molecule is CCC1CN(C(=O)c2cn[nH]c2)CCN1C. The van der Waals surface area contributed by atoms with Gasteiger partial charge in [-0.15, -0.1) is 0 Å². The van der Waals surface area contributed by atoms with Gasteiger partial charge in [0.05, 0.1) is 11.8 Å². The summed E-state index contributed by atoms with van der Waals surface area (Å²) in [7, 11) is 2.12. The van der Waals surface area contributed by atoms with Crippen molar-refractivity contribution in [2.45, 2.75) is 19.4 Å². The summed E-state index contributed by atoms with van der Waals surface area (Å²) in [4.78, 5) is 16.3. The molecule has 2 rings (SSSR count). The molecule has 0 radical (unpaired) electrons. The van der Waals surface area contributed by atoms with E-state index >= 15 is 0 Å². The normalized spacial score (nSPS) is 22.4. The van der Waals surface area contributed by atoms with Gasteiger partial charge in [-0.2, -0.15) is 5.10 Å². The zero-order valence-electron chi connectivity index (χ0n) is 9.81. The Balaban J connectivity index is 2.03. The van der Waals surface area contributed by atoms with Crippen LogP contribution in [0.25, 0.3) is 0 Å². The molecule has 1 aromatic rings. The number of hydrogen-bond donors (Lipinski definition) is 1. The molecule has 1 fully saturated rings. The lowest BCUT2D eigenvalue weighted by Crippen LogP contribution is -2.52. The molecule has 5 heteroatoms. The highest BCUT2D eigenvalue weighted by atomic mass is 16.2. The molecular weight excluding hydrogens is 204 g/mol. The highest BCUT2D eigenvalue weighted by molar-refractivity contribution is 5.93. The van der Waals surface area contributed by atoms with E-state index in [1.165, 1.54) is 0 Å². The lowest BCUT2D eigenvalue weighted by atomic mass is 10.1. The van der Waals surface area contributed by atoms with E-state index in [-0.39, 0.29) is 5.91 Å². The number of nitrogens with zero attached hydrogens (tertiary/aromatic N) is 3. The van der Waals surface area contributed by atoms with Crippen molar-refractivity contribution in [1.29, 1.82) is 0 Å². The van der Waals surface area contributed by atoms with Crippen molar-refractivity contribution in [3.05, 3.63) is 18.0 Å². The number of carbonyl (C=O) groups is 1. The molecule has 0 bridgehead atoms. The molecule has 1 unspecified atom stereocenters. The Morgan fingerprint density at radius 2 is 2.44 bits per heavy atom. The highest BCUT2D eigenvalue weighted by Gasteiger charge is 2.26. The van der Waals surface area contributed by atoms with Crippen molar-refractivity contribution < 1.29 is 4.79 Å². The molecule has 5 nitrogen and oxygen atoms in total. The van der Waals surface area contributed by atoms with Gasteiger partial charge in [-0.1, -0.05) is 6.92 Å². The standard InChI is InChI=1S/C11H18N4O/c1-3-10-8-15(5-4-14(10)2)11(16)9-6-12-13-7-9/h6-7,10H,3-5,8H2,1-2H3,(H,12,13). The Kier molecular flexibility index (Phi) is 3.24. The molecule has 1 N–H and O–H groups in total. The van der Waals surface area contributed by atoms with E-state index in [1.54, 1.807) is 12.4 Å². The maximum atomic E-state index is 12.1. The minimum Gasteiger partial charge on any atom is -0.336 e. The Morgan fingerprint density at radius 1 is 1.62 bits per heavy atom. The Labute approximate surface area is 95.4 Å². The molecule has 0 spiro atoms. The number of piperazine rings is 1. The first kappa shape index (κ1) is 11.1. The van der Waals surface area contributed by atoms with Crippen LogP contribution in [-0.2, 0) is 0 Å². The maximum absolute atomic E-state index is 12.1. The third-order valence-electron chi connectivity index (χ3n) is 3.28. The fourth-order valence-electron chi connectivity index (χ4n) is 2.12. The molecule has 16 heavy (non-hydrogen) atoms. The summed E-state index contributed by atoms with van der Waals surface area (Å²) in [5.74, 6) is 0.0836. The highest BCUT2D eigenvalue weighted by Crippen LogP contribution is 2.13. The number of nitrogens with one attached hydrogen (secondary N) is 1. The monoisotopic (exact) mass is 222 g/mol. The molecule has 1 saturated heterocycles. The van der Waals surface area contributed by atoms with Crippen molar-refractivity contribution in [3.63, 3.8) is 0 Å². The number of amides is 1. The van der Waals surface area contributed by atoms with Gasteiger partial charge >= 0.3 is 0 Å². The number of hydrogen-bond acceptors (Lipinski definition) is 3. The van der Waals surface area contributed by atoms with Gasteiger partial charge in [0.2, 0.25) is 0 Å². The van der Waals surface area contributed by atoms with Gasteiger partial charge in [0, 0.05) is 31.9 Å². The van der Waals surface area contributed by atoms with Crippen LogP contribution in [0.2, 0.25) is 0 Å². The van der Waals surface area contributed by atoms with Gasteiger partial charge in [0.1, 0.15) is 0 Å². The second-order valence-electron chi connectivity index (χ2n) is 4.28. The van der Waals surface area contributed by atoms with Crippen molar-refractivity contribution >= 4 is 5.91 Å². The zero-order valence-corrected chi connectivity index (χ0v) is 9.81. The first-order valence-electron chi connectivity index (χ1n) is 5.70. The first-order valence-corrected chi connectivity index (χ1v) is 5.70. The lowest BCUT2D eigenvalue weighted by Gasteiger charge is -2.38. The third-order valence-corrected chi connectivity index (χ3v) is 3.28. The van der Waals surface area contributed by atoms with Crippen molar-refractivity contribution in [3.8, 4) is 0 Å². The maximum Gasteiger partial charge on any atom is 0.257 e. The van der Waals surface area contributed by atoms with E-state index < -0.39 is 0 Å². The molecule has 2 heterocycles. The fourth-order valence-corrected chi connectivity index (χ4v) is 2.12. The number of aromatic amines is 1. The average molecular weight is 222 g/mol. The predicted octanol–water partition coefficient (Wildman–Crippen LogP) is 0.576. The van der Waals surface area contributed by atoms with Crippen LogP contribution in [0.15, 0.2) is 12.4 Å². The largest absolute Gasteiger partial charge is 0.336 e. The van der Waals surface area contributed by atoms with Crippen LogP contribution in [0, 0.1) is 0 Å². The summed E-state index contributed by atoms with van der Waals surface area (Å²) in [5.41, 5.74) is 0.652. The van der Waals surface area contributed by atoms with E-state index in [9.17, 15) is 4.79 Å².